The van der Waals surface area contributed by atoms with Gasteiger partial charge in [0.1, 0.15) is 5.65 Å². The zero-order valence-electron chi connectivity index (χ0n) is 16.3. The Labute approximate surface area is 165 Å². The van der Waals surface area contributed by atoms with Crippen LogP contribution >= 0.6 is 0 Å². The van der Waals surface area contributed by atoms with Crippen LogP contribution in [0.25, 0.3) is 11.0 Å². The number of hydrogen-bond acceptors (Lipinski definition) is 3. The number of nitrogens with one attached hydrogen (secondary N) is 2. The second kappa shape index (κ2) is 8.44. The Kier molecular flexibility index (Phi) is 5.58. The first-order valence-electron chi connectivity index (χ1n) is 9.89. The SMILES string of the molecule is CN(Cc1ccccc1)CC1CCN(C(=O)Nc2cnc3[nH]ccc3c2)CC1. The maximum atomic E-state index is 12.6. The minimum Gasteiger partial charge on any atom is -0.346 e. The van der Waals surface area contributed by atoms with E-state index in [1.165, 1.54) is 5.56 Å². The number of fused-ring (bicyclic) bond motifs is 1. The van der Waals surface area contributed by atoms with E-state index in [0.717, 1.165) is 55.7 Å². The number of likely N-dealkylation sites (tertiary alicyclic amines) is 1. The Morgan fingerprint density at radius 1 is 1.25 bits per heavy atom. The molecule has 0 unspecified atom stereocenters. The van der Waals surface area contributed by atoms with Gasteiger partial charge in [0.2, 0.25) is 0 Å². The average molecular weight is 377 g/mol. The van der Waals surface area contributed by atoms with Crippen LogP contribution in [0.2, 0.25) is 0 Å². The van der Waals surface area contributed by atoms with Crippen molar-refractivity contribution >= 4 is 22.8 Å². The van der Waals surface area contributed by atoms with Gasteiger partial charge in [-0.2, -0.15) is 0 Å². The first-order chi connectivity index (χ1) is 13.7. The predicted molar refractivity (Wildman–Crippen MR) is 112 cm³/mol. The van der Waals surface area contributed by atoms with Crippen LogP contribution in [0.4, 0.5) is 10.5 Å². The monoisotopic (exact) mass is 377 g/mol. The van der Waals surface area contributed by atoms with Crippen LogP contribution in [0.3, 0.4) is 0 Å². The molecule has 1 saturated heterocycles. The summed E-state index contributed by atoms with van der Waals surface area (Å²) in [5, 5.41) is 3.98. The molecular weight excluding hydrogens is 350 g/mol. The highest BCUT2D eigenvalue weighted by molar-refractivity contribution is 5.91. The fraction of sp³-hybridized carbons (Fsp3) is 0.364. The lowest BCUT2D eigenvalue weighted by Gasteiger charge is -2.34. The highest BCUT2D eigenvalue weighted by Crippen LogP contribution is 2.21. The summed E-state index contributed by atoms with van der Waals surface area (Å²) in [7, 11) is 2.18. The van der Waals surface area contributed by atoms with E-state index in [9.17, 15) is 4.79 Å². The molecule has 2 N–H and O–H groups in total. The molecule has 6 heteroatoms. The summed E-state index contributed by atoms with van der Waals surface area (Å²) in [6.07, 6.45) is 5.63. The van der Waals surface area contributed by atoms with Crippen LogP contribution < -0.4 is 5.32 Å². The van der Waals surface area contributed by atoms with Crippen molar-refractivity contribution in [2.45, 2.75) is 19.4 Å². The van der Waals surface area contributed by atoms with Gasteiger partial charge in [0, 0.05) is 37.8 Å². The lowest BCUT2D eigenvalue weighted by atomic mass is 9.96. The van der Waals surface area contributed by atoms with Crippen LogP contribution in [0, 0.1) is 5.92 Å². The van der Waals surface area contributed by atoms with E-state index in [2.05, 4.69) is 57.6 Å². The van der Waals surface area contributed by atoms with E-state index >= 15 is 0 Å². The van der Waals surface area contributed by atoms with Crippen LogP contribution in [-0.4, -0.2) is 52.5 Å². The Bertz CT molecular complexity index is 915. The largest absolute Gasteiger partial charge is 0.346 e. The van der Waals surface area contributed by atoms with E-state index < -0.39 is 0 Å². The molecule has 28 heavy (non-hydrogen) atoms. The van der Waals surface area contributed by atoms with Crippen molar-refractivity contribution in [3.05, 3.63) is 60.4 Å². The van der Waals surface area contributed by atoms with Crippen LogP contribution in [0.1, 0.15) is 18.4 Å². The van der Waals surface area contributed by atoms with Gasteiger partial charge < -0.3 is 20.1 Å². The van der Waals surface area contributed by atoms with Gasteiger partial charge in [0.15, 0.2) is 0 Å². The number of nitrogens with zero attached hydrogens (tertiary/aromatic N) is 3. The molecule has 0 aliphatic carbocycles. The third kappa shape index (κ3) is 4.51. The van der Waals surface area contributed by atoms with Crippen molar-refractivity contribution in [2.24, 2.45) is 5.92 Å². The second-order valence-corrected chi connectivity index (χ2v) is 7.68. The van der Waals surface area contributed by atoms with Crippen LogP contribution in [-0.2, 0) is 6.54 Å². The molecule has 1 fully saturated rings. The van der Waals surface area contributed by atoms with Crippen molar-refractivity contribution in [2.75, 3.05) is 32.0 Å². The van der Waals surface area contributed by atoms with Crippen molar-refractivity contribution in [3.8, 4) is 0 Å². The van der Waals surface area contributed by atoms with E-state index in [1.54, 1.807) is 6.20 Å². The molecule has 2 aromatic heterocycles. The van der Waals surface area contributed by atoms with Gasteiger partial charge in [0.25, 0.3) is 0 Å². The molecule has 0 radical (unpaired) electrons. The first kappa shape index (κ1) is 18.5. The number of aromatic nitrogens is 2. The lowest BCUT2D eigenvalue weighted by Crippen LogP contribution is -2.43. The van der Waals surface area contributed by atoms with E-state index in [4.69, 9.17) is 0 Å². The van der Waals surface area contributed by atoms with Gasteiger partial charge >= 0.3 is 6.03 Å². The van der Waals surface area contributed by atoms with Crippen LogP contribution in [0.5, 0.6) is 0 Å². The summed E-state index contributed by atoms with van der Waals surface area (Å²) in [6, 6.07) is 14.4. The predicted octanol–water partition coefficient (Wildman–Crippen LogP) is 3.94. The maximum Gasteiger partial charge on any atom is 0.321 e. The molecule has 0 spiro atoms. The van der Waals surface area contributed by atoms with Crippen molar-refractivity contribution in [3.63, 3.8) is 0 Å². The second-order valence-electron chi connectivity index (χ2n) is 7.68. The number of piperidine rings is 1. The van der Waals surface area contributed by atoms with Gasteiger partial charge in [-0.3, -0.25) is 0 Å². The van der Waals surface area contributed by atoms with Crippen molar-refractivity contribution in [1.82, 2.24) is 19.8 Å². The molecule has 3 heterocycles. The summed E-state index contributed by atoms with van der Waals surface area (Å²) in [5.74, 6) is 0.635. The number of carbonyl (C=O) groups is 1. The molecule has 1 aliphatic rings. The summed E-state index contributed by atoms with van der Waals surface area (Å²) >= 11 is 0. The average Bonchev–Trinajstić information content (AvgIpc) is 3.17. The highest BCUT2D eigenvalue weighted by Gasteiger charge is 2.23. The number of carbonyl (C=O) groups excluding carboxylic acids is 1. The molecule has 146 valence electrons. The smallest absolute Gasteiger partial charge is 0.321 e. The van der Waals surface area contributed by atoms with E-state index in [1.807, 2.05) is 23.2 Å². The maximum absolute atomic E-state index is 12.6. The molecule has 0 saturated carbocycles. The molecule has 4 rings (SSSR count). The van der Waals surface area contributed by atoms with Crippen LogP contribution in [0.15, 0.2) is 54.9 Å². The van der Waals surface area contributed by atoms with Gasteiger partial charge in [-0.15, -0.1) is 0 Å². The molecule has 6 nitrogen and oxygen atoms in total. The fourth-order valence-electron chi connectivity index (χ4n) is 3.93. The van der Waals surface area contributed by atoms with Gasteiger partial charge in [-0.1, -0.05) is 30.3 Å². The minimum atomic E-state index is -0.0345. The quantitative estimate of drug-likeness (QED) is 0.708. The van der Waals surface area contributed by atoms with Gasteiger partial charge in [-0.05, 0) is 43.5 Å². The molecule has 1 aliphatic heterocycles. The number of aromatic amines is 1. The van der Waals surface area contributed by atoms with Crippen molar-refractivity contribution < 1.29 is 4.79 Å². The molecular formula is C22H27N5O. The third-order valence-electron chi connectivity index (χ3n) is 5.42. The summed E-state index contributed by atoms with van der Waals surface area (Å²) in [4.78, 5) is 24.3. The Morgan fingerprint density at radius 3 is 2.82 bits per heavy atom. The van der Waals surface area contributed by atoms with Gasteiger partial charge in [0.05, 0.1) is 11.9 Å². The topological polar surface area (TPSA) is 64.3 Å². The number of hydrogen-bond donors (Lipinski definition) is 2. The fourth-order valence-corrected chi connectivity index (χ4v) is 3.93. The Morgan fingerprint density at radius 2 is 2.04 bits per heavy atom. The molecule has 0 bridgehead atoms. The van der Waals surface area contributed by atoms with Crippen molar-refractivity contribution in [1.29, 1.82) is 0 Å². The number of benzene rings is 1. The van der Waals surface area contributed by atoms with E-state index in [-0.39, 0.29) is 6.03 Å². The minimum absolute atomic E-state index is 0.0345. The number of urea groups is 1. The number of anilines is 1. The molecule has 2 amide bonds. The third-order valence-corrected chi connectivity index (χ3v) is 5.42. The highest BCUT2D eigenvalue weighted by atomic mass is 16.2. The molecule has 1 aromatic carbocycles. The number of rotatable bonds is 5. The normalized spacial score (nSPS) is 15.3. The summed E-state index contributed by atoms with van der Waals surface area (Å²) in [5.41, 5.74) is 2.91. The summed E-state index contributed by atoms with van der Waals surface area (Å²) < 4.78 is 0. The molecule has 3 aromatic rings. The zero-order chi connectivity index (χ0) is 19.3. The number of H-pyrrole nitrogens is 1. The zero-order valence-corrected chi connectivity index (χ0v) is 16.3. The first-order valence-corrected chi connectivity index (χ1v) is 9.89. The Hall–Kier alpha value is -2.86. The standard InChI is InChI=1S/C22H27N5O/c1-26(15-17-5-3-2-4-6-17)16-18-8-11-27(12-9-18)22(28)25-20-13-19-7-10-23-21(19)24-14-20/h2-7,10,13-14,18H,8-9,11-12,15-16H2,1H3,(H,23,24)(H,25,28). The van der Waals surface area contributed by atoms with Gasteiger partial charge in [-0.25, -0.2) is 9.78 Å². The molecule has 0 atom stereocenters. The summed E-state index contributed by atoms with van der Waals surface area (Å²) in [6.45, 7) is 3.64. The van der Waals surface area contributed by atoms with E-state index in [0.29, 0.717) is 5.92 Å². The number of amides is 2. The lowest BCUT2D eigenvalue weighted by molar-refractivity contribution is 0.162. The Balaban J connectivity index is 1.24. The number of pyridine rings is 1.